The predicted octanol–water partition coefficient (Wildman–Crippen LogP) is 2.71. The Labute approximate surface area is 168 Å². The van der Waals surface area contributed by atoms with E-state index in [1.54, 1.807) is 0 Å². The molecule has 0 radical (unpaired) electrons. The zero-order valence-electron chi connectivity index (χ0n) is 16.3. The van der Waals surface area contributed by atoms with E-state index in [1.807, 2.05) is 13.8 Å². The highest BCUT2D eigenvalue weighted by Crippen LogP contribution is 2.37. The van der Waals surface area contributed by atoms with Gasteiger partial charge in [0, 0.05) is 11.6 Å². The van der Waals surface area contributed by atoms with Crippen LogP contribution in [0.3, 0.4) is 0 Å². The van der Waals surface area contributed by atoms with E-state index in [9.17, 15) is 18.5 Å². The molecule has 29 heavy (non-hydrogen) atoms. The molecule has 2 rings (SSSR count). The molecule has 0 unspecified atom stereocenters. The van der Waals surface area contributed by atoms with Gasteiger partial charge in [-0.3, -0.25) is 10.1 Å². The van der Waals surface area contributed by atoms with Crippen LogP contribution in [0.4, 0.5) is 5.69 Å². The van der Waals surface area contributed by atoms with Gasteiger partial charge in [-0.25, -0.2) is 4.83 Å². The summed E-state index contributed by atoms with van der Waals surface area (Å²) in [4.78, 5) is 12.6. The number of ether oxygens (including phenoxy) is 3. The first-order valence-electron chi connectivity index (χ1n) is 8.40. The van der Waals surface area contributed by atoms with E-state index < -0.39 is 14.9 Å². The van der Waals surface area contributed by atoms with Gasteiger partial charge in [0.25, 0.3) is 10.0 Å². The van der Waals surface area contributed by atoms with Crippen LogP contribution < -0.4 is 19.0 Å². The molecular formula is C18H21N3O7S. The van der Waals surface area contributed by atoms with Crippen molar-refractivity contribution in [3.63, 3.8) is 0 Å². The minimum absolute atomic E-state index is 0.0101. The second kappa shape index (κ2) is 9.24. The van der Waals surface area contributed by atoms with Crippen LogP contribution in [0.2, 0.25) is 0 Å². The molecule has 0 saturated carbocycles. The Balaban J connectivity index is 2.22. The zero-order valence-corrected chi connectivity index (χ0v) is 17.1. The first kappa shape index (κ1) is 22.0. The van der Waals surface area contributed by atoms with Crippen molar-refractivity contribution in [2.24, 2.45) is 5.10 Å². The Morgan fingerprint density at radius 2 is 1.79 bits per heavy atom. The summed E-state index contributed by atoms with van der Waals surface area (Å²) in [6, 6.07) is 8.47. The van der Waals surface area contributed by atoms with Crippen molar-refractivity contribution in [3.05, 3.63) is 52.1 Å². The van der Waals surface area contributed by atoms with Gasteiger partial charge in [0.05, 0.1) is 36.4 Å². The average molecular weight is 423 g/mol. The summed E-state index contributed by atoms with van der Waals surface area (Å²) in [6.07, 6.45) is 1.09. The maximum absolute atomic E-state index is 12.3. The van der Waals surface area contributed by atoms with Crippen molar-refractivity contribution in [1.82, 2.24) is 4.83 Å². The number of hydrogen-bond acceptors (Lipinski definition) is 8. The first-order valence-corrected chi connectivity index (χ1v) is 9.88. The molecule has 0 fully saturated rings. The molecule has 2 aromatic rings. The van der Waals surface area contributed by atoms with Gasteiger partial charge in [-0.05, 0) is 44.2 Å². The Hall–Kier alpha value is -3.34. The van der Waals surface area contributed by atoms with Gasteiger partial charge >= 0.3 is 5.69 Å². The topological polar surface area (TPSA) is 129 Å². The number of methoxy groups -OCH3 is 2. The molecule has 0 aromatic heterocycles. The molecule has 0 saturated heterocycles. The summed E-state index contributed by atoms with van der Waals surface area (Å²) in [5.74, 6) is 0.616. The van der Waals surface area contributed by atoms with Gasteiger partial charge in [-0.15, -0.1) is 0 Å². The summed E-state index contributed by atoms with van der Waals surface area (Å²) in [7, 11) is -1.31. The molecule has 1 N–H and O–H groups in total. The van der Waals surface area contributed by atoms with E-state index in [0.717, 1.165) is 6.21 Å². The summed E-state index contributed by atoms with van der Waals surface area (Å²) in [6.45, 7) is 3.72. The van der Waals surface area contributed by atoms with Crippen LogP contribution in [0.5, 0.6) is 17.2 Å². The lowest BCUT2D eigenvalue weighted by Crippen LogP contribution is -2.18. The van der Waals surface area contributed by atoms with E-state index in [2.05, 4.69) is 9.93 Å². The molecule has 0 aliphatic heterocycles. The number of nitrogens with one attached hydrogen (secondary N) is 1. The minimum atomic E-state index is -3.92. The number of hydrogen-bond donors (Lipinski definition) is 1. The summed E-state index contributed by atoms with van der Waals surface area (Å²) in [5, 5.41) is 14.9. The number of hydrazone groups is 1. The van der Waals surface area contributed by atoms with E-state index in [4.69, 9.17) is 14.2 Å². The highest BCUT2D eigenvalue weighted by Gasteiger charge is 2.21. The molecule has 0 bridgehead atoms. The third-order valence-corrected chi connectivity index (χ3v) is 4.81. The van der Waals surface area contributed by atoms with Crippen molar-refractivity contribution < 1.29 is 27.6 Å². The van der Waals surface area contributed by atoms with Gasteiger partial charge in [0.2, 0.25) is 5.75 Å². The fourth-order valence-electron chi connectivity index (χ4n) is 2.37. The molecule has 0 heterocycles. The van der Waals surface area contributed by atoms with Gasteiger partial charge in [0.15, 0.2) is 5.75 Å². The molecule has 2 aromatic carbocycles. The van der Waals surface area contributed by atoms with Gasteiger partial charge in [-0.1, -0.05) is 0 Å². The summed E-state index contributed by atoms with van der Waals surface area (Å²) in [5.41, 5.74) is -0.0883. The van der Waals surface area contributed by atoms with Crippen LogP contribution in [0.25, 0.3) is 0 Å². The number of nitrogens with zero attached hydrogens (tertiary/aromatic N) is 2. The van der Waals surface area contributed by atoms with Crippen molar-refractivity contribution in [2.75, 3.05) is 14.2 Å². The Morgan fingerprint density at radius 1 is 1.14 bits per heavy atom. The van der Waals surface area contributed by atoms with Gasteiger partial charge in [-0.2, -0.15) is 13.5 Å². The quantitative estimate of drug-likeness (QED) is 0.373. The third kappa shape index (κ3) is 5.57. The highest BCUT2D eigenvalue weighted by molar-refractivity contribution is 7.89. The van der Waals surface area contributed by atoms with E-state index in [1.165, 1.54) is 50.6 Å². The van der Waals surface area contributed by atoms with Crippen LogP contribution in [-0.2, 0) is 10.0 Å². The van der Waals surface area contributed by atoms with E-state index in [-0.39, 0.29) is 33.7 Å². The van der Waals surface area contributed by atoms with Gasteiger partial charge < -0.3 is 14.2 Å². The summed E-state index contributed by atoms with van der Waals surface area (Å²) >= 11 is 0. The lowest BCUT2D eigenvalue weighted by molar-refractivity contribution is -0.385. The lowest BCUT2D eigenvalue weighted by atomic mass is 10.2. The Kier molecular flexibility index (Phi) is 6.99. The molecule has 11 heteroatoms. The van der Waals surface area contributed by atoms with Crippen molar-refractivity contribution >= 4 is 21.9 Å². The molecule has 0 aliphatic carbocycles. The van der Waals surface area contributed by atoms with Gasteiger partial charge in [0.1, 0.15) is 5.75 Å². The Morgan fingerprint density at radius 3 is 2.31 bits per heavy atom. The maximum atomic E-state index is 12.3. The van der Waals surface area contributed by atoms with Crippen molar-refractivity contribution in [3.8, 4) is 17.2 Å². The molecule has 0 amide bonds. The van der Waals surface area contributed by atoms with Crippen LogP contribution in [-0.4, -0.2) is 39.9 Å². The largest absolute Gasteiger partial charge is 0.493 e. The molecule has 156 valence electrons. The van der Waals surface area contributed by atoms with E-state index >= 15 is 0 Å². The van der Waals surface area contributed by atoms with Crippen molar-refractivity contribution in [2.45, 2.75) is 24.8 Å². The number of nitro benzene ring substituents is 1. The molecule has 10 nitrogen and oxygen atoms in total. The fourth-order valence-corrected chi connectivity index (χ4v) is 3.16. The number of benzene rings is 2. The molecular weight excluding hydrogens is 402 g/mol. The number of sulfonamides is 1. The minimum Gasteiger partial charge on any atom is -0.493 e. The number of rotatable bonds is 9. The second-order valence-corrected chi connectivity index (χ2v) is 7.68. The number of nitro groups is 1. The zero-order chi connectivity index (χ0) is 21.6. The Bertz CT molecular complexity index is 1000. The average Bonchev–Trinajstić information content (AvgIpc) is 2.66. The van der Waals surface area contributed by atoms with Crippen molar-refractivity contribution in [1.29, 1.82) is 0 Å². The smallest absolute Gasteiger partial charge is 0.315 e. The van der Waals surface area contributed by atoms with Crippen LogP contribution in [0.15, 0.2) is 46.4 Å². The van der Waals surface area contributed by atoms with E-state index in [0.29, 0.717) is 5.75 Å². The van der Waals surface area contributed by atoms with Crippen LogP contribution in [0.1, 0.15) is 19.4 Å². The molecule has 0 spiro atoms. The predicted molar refractivity (Wildman–Crippen MR) is 106 cm³/mol. The lowest BCUT2D eigenvalue weighted by Gasteiger charge is -2.10. The van der Waals surface area contributed by atoms with Crippen LogP contribution in [0, 0.1) is 10.1 Å². The fraction of sp³-hybridized carbons (Fsp3) is 0.278. The SMILES string of the molecule is COc1cc(/C=N/NS(=O)(=O)c2ccc(OC(C)C)cc2)cc([N+](=O)[O-])c1OC. The third-order valence-electron chi connectivity index (χ3n) is 3.57. The van der Waals surface area contributed by atoms with Crippen LogP contribution >= 0.6 is 0 Å². The molecule has 0 aliphatic rings. The standard InChI is InChI=1S/C18H21N3O7S/c1-12(2)28-14-5-7-15(8-6-14)29(24,25)20-19-11-13-9-16(21(22)23)18(27-4)17(10-13)26-3/h5-12,20H,1-4H3/b19-11+. The monoisotopic (exact) mass is 423 g/mol. The second-order valence-electron chi connectivity index (χ2n) is 6.02. The first-order chi connectivity index (χ1) is 13.7. The normalized spacial score (nSPS) is 11.5. The summed E-state index contributed by atoms with van der Waals surface area (Å²) < 4.78 is 40.2. The molecule has 0 atom stereocenters. The maximum Gasteiger partial charge on any atom is 0.315 e. The highest BCUT2D eigenvalue weighted by atomic mass is 32.2.